The maximum absolute atomic E-state index is 13.1. The number of hydrogen-bond donors (Lipinski definition) is 2. The minimum atomic E-state index is -0.280. The number of aryl methyl sites for hydroxylation is 1. The maximum Gasteiger partial charge on any atom is 0.205 e. The number of aromatic nitrogens is 2. The molecule has 0 fully saturated rings. The summed E-state index contributed by atoms with van der Waals surface area (Å²) < 4.78 is 13.1. The summed E-state index contributed by atoms with van der Waals surface area (Å²) in [5.74, 6) is 0.927. The predicted octanol–water partition coefficient (Wildman–Crippen LogP) is 4.23. The Morgan fingerprint density at radius 1 is 1.15 bits per heavy atom. The van der Waals surface area contributed by atoms with Crippen molar-refractivity contribution in [2.24, 2.45) is 0 Å². The molecule has 0 aliphatic heterocycles. The van der Waals surface area contributed by atoms with Crippen LogP contribution in [0.2, 0.25) is 0 Å². The van der Waals surface area contributed by atoms with Crippen LogP contribution in [0.25, 0.3) is 11.0 Å². The molecule has 0 atom stereocenters. The van der Waals surface area contributed by atoms with E-state index in [1.807, 2.05) is 24.3 Å². The van der Waals surface area contributed by atoms with Crippen LogP contribution in [0.15, 0.2) is 42.5 Å². The van der Waals surface area contributed by atoms with Crippen LogP contribution in [-0.4, -0.2) is 15.8 Å². The number of benzene rings is 2. The predicted molar refractivity (Wildman–Crippen MR) is 80.2 cm³/mol. The molecule has 5 heteroatoms. The third-order valence-corrected chi connectivity index (χ3v) is 3.23. The van der Waals surface area contributed by atoms with Crippen LogP contribution in [0.4, 0.5) is 16.0 Å². The van der Waals surface area contributed by atoms with Gasteiger partial charge in [0, 0.05) is 11.6 Å². The van der Waals surface area contributed by atoms with Gasteiger partial charge in [0.05, 0.1) is 11.0 Å². The summed E-state index contributed by atoms with van der Waals surface area (Å²) in [6.07, 6.45) is 0.853. The van der Waals surface area contributed by atoms with E-state index in [-0.39, 0.29) is 5.82 Å². The Labute approximate surface area is 120 Å². The van der Waals surface area contributed by atoms with Crippen molar-refractivity contribution >= 4 is 34.3 Å². The highest BCUT2D eigenvalue weighted by Crippen LogP contribution is 2.19. The Bertz CT molecular complexity index is 722. The number of aromatic amines is 1. The van der Waals surface area contributed by atoms with E-state index in [0.717, 1.165) is 17.6 Å². The van der Waals surface area contributed by atoms with Crippen molar-refractivity contribution in [3.63, 3.8) is 0 Å². The fourth-order valence-electron chi connectivity index (χ4n) is 2.04. The molecular formula is C15H13ClFN3. The number of nitrogens with one attached hydrogen (secondary N) is 2. The molecule has 0 bridgehead atoms. The van der Waals surface area contributed by atoms with Gasteiger partial charge in [0.1, 0.15) is 5.82 Å². The van der Waals surface area contributed by atoms with Crippen molar-refractivity contribution in [3.8, 4) is 0 Å². The molecule has 1 heterocycles. The molecule has 0 aliphatic rings. The SMILES string of the molecule is Fc1ccc2nc(Nc3ccc(CCCl)cc3)[nH]c2c1. The number of nitrogens with zero attached hydrogens (tertiary/aromatic N) is 1. The van der Waals surface area contributed by atoms with Gasteiger partial charge >= 0.3 is 0 Å². The quantitative estimate of drug-likeness (QED) is 0.706. The molecule has 3 rings (SSSR count). The maximum atomic E-state index is 13.1. The molecule has 0 radical (unpaired) electrons. The molecule has 2 N–H and O–H groups in total. The molecule has 102 valence electrons. The number of imidazole rings is 1. The molecule has 3 nitrogen and oxygen atoms in total. The van der Waals surface area contributed by atoms with E-state index >= 15 is 0 Å². The number of H-pyrrole nitrogens is 1. The summed E-state index contributed by atoms with van der Waals surface area (Å²) in [5.41, 5.74) is 3.51. The van der Waals surface area contributed by atoms with Gasteiger partial charge in [-0.2, -0.15) is 0 Å². The lowest BCUT2D eigenvalue weighted by Gasteiger charge is -2.03. The number of fused-ring (bicyclic) bond motifs is 1. The van der Waals surface area contributed by atoms with Crippen LogP contribution >= 0.6 is 11.6 Å². The minimum absolute atomic E-state index is 0.280. The van der Waals surface area contributed by atoms with Gasteiger partial charge in [0.2, 0.25) is 5.95 Å². The molecule has 0 spiro atoms. The van der Waals surface area contributed by atoms with Gasteiger partial charge in [0.25, 0.3) is 0 Å². The lowest BCUT2D eigenvalue weighted by molar-refractivity contribution is 0.629. The van der Waals surface area contributed by atoms with Gasteiger partial charge < -0.3 is 10.3 Å². The minimum Gasteiger partial charge on any atom is -0.326 e. The summed E-state index contributed by atoms with van der Waals surface area (Å²) >= 11 is 5.70. The van der Waals surface area contributed by atoms with E-state index in [1.54, 1.807) is 6.07 Å². The highest BCUT2D eigenvalue weighted by Gasteiger charge is 2.04. The zero-order valence-corrected chi connectivity index (χ0v) is 11.4. The van der Waals surface area contributed by atoms with Crippen LogP contribution in [0.3, 0.4) is 0 Å². The Morgan fingerprint density at radius 3 is 2.70 bits per heavy atom. The van der Waals surface area contributed by atoms with Gasteiger partial charge in [-0.15, -0.1) is 11.6 Å². The Kier molecular flexibility index (Phi) is 3.56. The average molecular weight is 290 g/mol. The number of alkyl halides is 1. The smallest absolute Gasteiger partial charge is 0.205 e. The Balaban J connectivity index is 1.81. The van der Waals surface area contributed by atoms with E-state index < -0.39 is 0 Å². The van der Waals surface area contributed by atoms with Crippen molar-refractivity contribution in [3.05, 3.63) is 53.8 Å². The topological polar surface area (TPSA) is 40.7 Å². The van der Waals surface area contributed by atoms with Crippen molar-refractivity contribution in [1.82, 2.24) is 9.97 Å². The fourth-order valence-corrected chi connectivity index (χ4v) is 2.26. The van der Waals surface area contributed by atoms with E-state index in [9.17, 15) is 4.39 Å². The largest absolute Gasteiger partial charge is 0.326 e. The van der Waals surface area contributed by atoms with Crippen molar-refractivity contribution < 1.29 is 4.39 Å². The number of hydrogen-bond acceptors (Lipinski definition) is 2. The summed E-state index contributed by atoms with van der Waals surface area (Å²) in [7, 11) is 0. The zero-order chi connectivity index (χ0) is 13.9. The molecule has 0 amide bonds. The Hall–Kier alpha value is -2.07. The second-order valence-corrected chi connectivity index (χ2v) is 4.89. The second-order valence-electron chi connectivity index (χ2n) is 4.51. The van der Waals surface area contributed by atoms with Crippen molar-refractivity contribution in [2.75, 3.05) is 11.2 Å². The van der Waals surface area contributed by atoms with E-state index in [4.69, 9.17) is 11.6 Å². The van der Waals surface area contributed by atoms with Gasteiger partial charge in [-0.25, -0.2) is 9.37 Å². The summed E-state index contributed by atoms with van der Waals surface area (Å²) in [4.78, 5) is 7.39. The summed E-state index contributed by atoms with van der Waals surface area (Å²) in [6, 6.07) is 12.5. The first-order valence-electron chi connectivity index (χ1n) is 6.32. The number of anilines is 2. The van der Waals surface area contributed by atoms with Crippen molar-refractivity contribution in [1.29, 1.82) is 0 Å². The fraction of sp³-hybridized carbons (Fsp3) is 0.133. The molecule has 0 saturated heterocycles. The number of halogens is 2. The van der Waals surface area contributed by atoms with E-state index in [0.29, 0.717) is 17.3 Å². The highest BCUT2D eigenvalue weighted by molar-refractivity contribution is 6.17. The molecule has 0 unspecified atom stereocenters. The van der Waals surface area contributed by atoms with Crippen molar-refractivity contribution in [2.45, 2.75) is 6.42 Å². The normalized spacial score (nSPS) is 10.9. The van der Waals surface area contributed by atoms with Gasteiger partial charge in [-0.05, 0) is 42.3 Å². The monoisotopic (exact) mass is 289 g/mol. The first-order chi connectivity index (χ1) is 9.74. The van der Waals surface area contributed by atoms with Crippen LogP contribution < -0.4 is 5.32 Å². The molecule has 0 aliphatic carbocycles. The van der Waals surface area contributed by atoms with Crippen LogP contribution in [-0.2, 0) is 6.42 Å². The van der Waals surface area contributed by atoms with Gasteiger partial charge in [-0.3, -0.25) is 0 Å². The first kappa shape index (κ1) is 12.9. The summed E-state index contributed by atoms with van der Waals surface area (Å²) in [6.45, 7) is 0. The van der Waals surface area contributed by atoms with Gasteiger partial charge in [-0.1, -0.05) is 12.1 Å². The van der Waals surface area contributed by atoms with E-state index in [2.05, 4.69) is 15.3 Å². The zero-order valence-electron chi connectivity index (χ0n) is 10.7. The van der Waals surface area contributed by atoms with Crippen LogP contribution in [0.5, 0.6) is 0 Å². The summed E-state index contributed by atoms with van der Waals surface area (Å²) in [5, 5.41) is 3.16. The Morgan fingerprint density at radius 2 is 1.95 bits per heavy atom. The first-order valence-corrected chi connectivity index (χ1v) is 6.85. The van der Waals surface area contributed by atoms with Crippen LogP contribution in [0, 0.1) is 5.82 Å². The molecule has 3 aromatic rings. The van der Waals surface area contributed by atoms with Gasteiger partial charge in [0.15, 0.2) is 0 Å². The molecule has 0 saturated carbocycles. The lowest BCUT2D eigenvalue weighted by Crippen LogP contribution is -1.93. The highest BCUT2D eigenvalue weighted by atomic mass is 35.5. The third-order valence-electron chi connectivity index (χ3n) is 3.04. The number of rotatable bonds is 4. The average Bonchev–Trinajstić information content (AvgIpc) is 2.82. The molecule has 2 aromatic carbocycles. The molecule has 20 heavy (non-hydrogen) atoms. The lowest BCUT2D eigenvalue weighted by atomic mass is 10.1. The van der Waals surface area contributed by atoms with E-state index in [1.165, 1.54) is 17.7 Å². The second kappa shape index (κ2) is 5.51. The molecule has 1 aromatic heterocycles. The van der Waals surface area contributed by atoms with Crippen LogP contribution in [0.1, 0.15) is 5.56 Å². The standard InChI is InChI=1S/C15H13ClFN3/c16-8-7-10-1-4-12(5-2-10)18-15-19-13-6-3-11(17)9-14(13)20-15/h1-6,9H,7-8H2,(H2,18,19,20). The third kappa shape index (κ3) is 2.75. The molecular weight excluding hydrogens is 277 g/mol.